The number of ether oxygens (including phenoxy) is 1. The van der Waals surface area contributed by atoms with Crippen molar-refractivity contribution in [2.24, 2.45) is 0 Å². The molecule has 0 aliphatic carbocycles. The largest absolute Gasteiger partial charge is 0.457 e. The van der Waals surface area contributed by atoms with E-state index in [-0.39, 0.29) is 12.3 Å². The topological polar surface area (TPSA) is 80.3 Å². The number of anilines is 1. The van der Waals surface area contributed by atoms with Gasteiger partial charge in [-0.15, -0.1) is 0 Å². The molecule has 6 heteroatoms. The van der Waals surface area contributed by atoms with Crippen LogP contribution in [0.3, 0.4) is 0 Å². The molecule has 1 aromatic heterocycles. The Kier molecular flexibility index (Phi) is 5.79. The Bertz CT molecular complexity index is 928. The highest BCUT2D eigenvalue weighted by molar-refractivity contribution is 6.02. The molecule has 6 nitrogen and oxygen atoms in total. The van der Waals surface area contributed by atoms with Crippen molar-refractivity contribution in [1.29, 1.82) is 0 Å². The first-order valence-corrected chi connectivity index (χ1v) is 8.35. The molecular formula is C21H18N3O3. The van der Waals surface area contributed by atoms with E-state index in [1.54, 1.807) is 36.5 Å². The van der Waals surface area contributed by atoms with Crippen LogP contribution in [-0.4, -0.2) is 16.9 Å². The molecule has 2 aromatic carbocycles. The van der Waals surface area contributed by atoms with Crippen molar-refractivity contribution < 1.29 is 14.3 Å². The van der Waals surface area contributed by atoms with Gasteiger partial charge in [-0.25, -0.2) is 4.79 Å². The molecule has 0 atom stereocenters. The van der Waals surface area contributed by atoms with E-state index >= 15 is 0 Å². The van der Waals surface area contributed by atoms with E-state index in [0.29, 0.717) is 17.2 Å². The first kappa shape index (κ1) is 18.1. The van der Waals surface area contributed by atoms with Crippen LogP contribution >= 0.6 is 0 Å². The molecule has 2 N–H and O–H groups in total. The first-order valence-electron chi connectivity index (χ1n) is 8.35. The van der Waals surface area contributed by atoms with Crippen LogP contribution in [0.15, 0.2) is 66.9 Å². The zero-order valence-corrected chi connectivity index (χ0v) is 14.7. The number of nitrogens with one attached hydrogen (secondary N) is 2. The summed E-state index contributed by atoms with van der Waals surface area (Å²) in [4.78, 5) is 27.8. The van der Waals surface area contributed by atoms with Crippen LogP contribution in [-0.2, 0) is 11.2 Å². The second kappa shape index (κ2) is 8.62. The Hall–Kier alpha value is -3.67. The van der Waals surface area contributed by atoms with Crippen LogP contribution in [0.25, 0.3) is 0 Å². The molecule has 1 heterocycles. The molecule has 0 saturated carbocycles. The Balaban J connectivity index is 1.56. The molecule has 1 radical (unpaired) electrons. The van der Waals surface area contributed by atoms with Gasteiger partial charge in [0.15, 0.2) is 0 Å². The van der Waals surface area contributed by atoms with Crippen molar-refractivity contribution >= 4 is 17.6 Å². The average Bonchev–Trinajstić information content (AvgIpc) is 2.65. The van der Waals surface area contributed by atoms with Crippen molar-refractivity contribution in [3.8, 4) is 11.5 Å². The maximum atomic E-state index is 12.1. The number of nitrogens with zero attached hydrogens (tertiary/aromatic N) is 1. The number of carbonyl (C=O) groups excluding carboxylic acids is 2. The molecule has 3 aromatic rings. The summed E-state index contributed by atoms with van der Waals surface area (Å²) in [6, 6.07) is 17.3. The van der Waals surface area contributed by atoms with Crippen molar-refractivity contribution in [2.45, 2.75) is 13.3 Å². The molecule has 0 spiro atoms. The quantitative estimate of drug-likeness (QED) is 0.724. The van der Waals surface area contributed by atoms with Gasteiger partial charge in [0.1, 0.15) is 11.5 Å². The molecule has 3 rings (SSSR count). The molecule has 27 heavy (non-hydrogen) atoms. The summed E-state index contributed by atoms with van der Waals surface area (Å²) in [6.07, 6.45) is 4.43. The number of rotatable bonds is 5. The molecule has 3 amide bonds. The monoisotopic (exact) mass is 360 g/mol. The highest BCUT2D eigenvalue weighted by Crippen LogP contribution is 2.25. The molecular weight excluding hydrogens is 342 g/mol. The van der Waals surface area contributed by atoms with Crippen molar-refractivity contribution in [2.75, 3.05) is 5.32 Å². The van der Waals surface area contributed by atoms with Gasteiger partial charge in [0.25, 0.3) is 0 Å². The van der Waals surface area contributed by atoms with Gasteiger partial charge in [0, 0.05) is 18.0 Å². The van der Waals surface area contributed by atoms with E-state index in [4.69, 9.17) is 4.74 Å². The smallest absolute Gasteiger partial charge is 0.325 e. The van der Waals surface area contributed by atoms with Gasteiger partial charge in [-0.2, -0.15) is 0 Å². The van der Waals surface area contributed by atoms with E-state index < -0.39 is 6.03 Å². The molecule has 0 bridgehead atoms. The second-order valence-corrected chi connectivity index (χ2v) is 5.86. The summed E-state index contributed by atoms with van der Waals surface area (Å²) >= 11 is 0. The third-order valence-corrected chi connectivity index (χ3v) is 3.74. The number of urea groups is 1. The minimum atomic E-state index is -0.573. The van der Waals surface area contributed by atoms with Gasteiger partial charge in [-0.05, 0) is 42.3 Å². The first-order chi connectivity index (χ1) is 13.1. The lowest BCUT2D eigenvalue weighted by molar-refractivity contribution is -0.119. The number of hydrogen-bond acceptors (Lipinski definition) is 4. The van der Waals surface area contributed by atoms with Crippen LogP contribution in [0.5, 0.6) is 11.5 Å². The number of aryl methyl sites for hydroxylation is 1. The van der Waals surface area contributed by atoms with Crippen LogP contribution < -0.4 is 15.4 Å². The Morgan fingerprint density at radius 3 is 2.59 bits per heavy atom. The Morgan fingerprint density at radius 1 is 1.07 bits per heavy atom. The fraction of sp³-hybridized carbons (Fsp3) is 0.0952. The lowest BCUT2D eigenvalue weighted by atomic mass is 10.1. The van der Waals surface area contributed by atoms with Gasteiger partial charge in [0.2, 0.25) is 5.91 Å². The van der Waals surface area contributed by atoms with E-state index in [0.717, 1.165) is 11.1 Å². The summed E-state index contributed by atoms with van der Waals surface area (Å²) in [5, 5.41) is 5.00. The van der Waals surface area contributed by atoms with Gasteiger partial charge >= 0.3 is 6.03 Å². The summed E-state index contributed by atoms with van der Waals surface area (Å²) in [6.45, 7) is 1.84. The van der Waals surface area contributed by atoms with E-state index in [1.807, 2.05) is 37.3 Å². The van der Waals surface area contributed by atoms with Crippen molar-refractivity contribution in [3.05, 3.63) is 84.2 Å². The molecule has 0 saturated heterocycles. The lowest BCUT2D eigenvalue weighted by Crippen LogP contribution is -2.35. The van der Waals surface area contributed by atoms with Gasteiger partial charge in [-0.1, -0.05) is 30.3 Å². The highest BCUT2D eigenvalue weighted by atomic mass is 16.5. The summed E-state index contributed by atoms with van der Waals surface area (Å²) in [5.41, 5.74) is 2.23. The minimum Gasteiger partial charge on any atom is -0.457 e. The molecule has 0 unspecified atom stereocenters. The maximum Gasteiger partial charge on any atom is 0.325 e. The van der Waals surface area contributed by atoms with Crippen molar-refractivity contribution in [3.63, 3.8) is 0 Å². The van der Waals surface area contributed by atoms with E-state index in [1.165, 1.54) is 0 Å². The fourth-order valence-corrected chi connectivity index (χ4v) is 2.45. The zero-order valence-electron chi connectivity index (χ0n) is 14.7. The number of imide groups is 1. The molecule has 0 aliphatic rings. The third-order valence-electron chi connectivity index (χ3n) is 3.74. The van der Waals surface area contributed by atoms with E-state index in [2.05, 4.69) is 21.8 Å². The number of carbonyl (C=O) groups is 2. The maximum absolute atomic E-state index is 12.1. The number of aromatic nitrogens is 1. The Morgan fingerprint density at radius 2 is 1.89 bits per heavy atom. The molecule has 0 aliphatic heterocycles. The van der Waals surface area contributed by atoms with Crippen LogP contribution in [0.2, 0.25) is 0 Å². The van der Waals surface area contributed by atoms with Crippen molar-refractivity contribution in [1.82, 2.24) is 10.3 Å². The molecule has 135 valence electrons. The summed E-state index contributed by atoms with van der Waals surface area (Å²) < 4.78 is 5.70. The van der Waals surface area contributed by atoms with Gasteiger partial charge < -0.3 is 10.1 Å². The summed E-state index contributed by atoms with van der Waals surface area (Å²) in [7, 11) is 0. The zero-order chi connectivity index (χ0) is 19.1. The number of amides is 3. The normalized spacial score (nSPS) is 10.1. The van der Waals surface area contributed by atoms with Crippen LogP contribution in [0.4, 0.5) is 10.5 Å². The lowest BCUT2D eigenvalue weighted by Gasteiger charge is -2.11. The predicted molar refractivity (Wildman–Crippen MR) is 102 cm³/mol. The number of benzene rings is 2. The summed E-state index contributed by atoms with van der Waals surface area (Å²) in [5.74, 6) is 0.873. The third kappa shape index (κ3) is 5.40. The standard InChI is InChI=1S/C21H18N3O3/c1-15-13-18(27-17-9-11-22-12-10-17)7-8-19(15)23-21(26)24-20(25)14-16-5-3-2-4-6-16/h2-11,13H,14H2,1H3,(H2,23,24,25,26). The average molecular weight is 360 g/mol. The fourth-order valence-electron chi connectivity index (χ4n) is 2.45. The molecule has 0 fully saturated rings. The number of pyridine rings is 1. The number of hydrogen-bond donors (Lipinski definition) is 2. The highest BCUT2D eigenvalue weighted by Gasteiger charge is 2.10. The predicted octanol–water partition coefficient (Wildman–Crippen LogP) is 3.87. The van der Waals surface area contributed by atoms with Crippen LogP contribution in [0, 0.1) is 13.1 Å². The van der Waals surface area contributed by atoms with Gasteiger partial charge in [-0.3, -0.25) is 15.1 Å². The Labute approximate surface area is 157 Å². The van der Waals surface area contributed by atoms with Crippen LogP contribution in [0.1, 0.15) is 11.1 Å². The minimum absolute atomic E-state index is 0.142. The SMILES string of the molecule is Cc1cc(Oc2c[c]ncc2)ccc1NC(=O)NC(=O)Cc1ccccc1. The van der Waals surface area contributed by atoms with E-state index in [9.17, 15) is 9.59 Å². The van der Waals surface area contributed by atoms with Gasteiger partial charge in [0.05, 0.1) is 12.6 Å². The second-order valence-electron chi connectivity index (χ2n) is 5.86.